The summed E-state index contributed by atoms with van der Waals surface area (Å²) in [7, 11) is 0. The topological polar surface area (TPSA) is 56.5 Å². The van der Waals surface area contributed by atoms with Crippen LogP contribution in [0.2, 0.25) is 0 Å². The van der Waals surface area contributed by atoms with E-state index in [1.54, 1.807) is 49.4 Å². The Balaban J connectivity index is 1.89. The zero-order chi connectivity index (χ0) is 19.7. The van der Waals surface area contributed by atoms with Gasteiger partial charge in [-0.05, 0) is 35.9 Å². The van der Waals surface area contributed by atoms with Gasteiger partial charge in [-0.25, -0.2) is 4.98 Å². The highest BCUT2D eigenvalue weighted by Gasteiger charge is 2.12. The quantitative estimate of drug-likeness (QED) is 0.496. The van der Waals surface area contributed by atoms with Crippen LogP contribution in [0.4, 0.5) is 8.78 Å². The molecule has 0 saturated heterocycles. The van der Waals surface area contributed by atoms with Crippen LogP contribution in [0.5, 0.6) is 5.75 Å². The maximum atomic E-state index is 12.8. The highest BCUT2D eigenvalue weighted by Crippen LogP contribution is 2.28. The third kappa shape index (κ3) is 3.22. The van der Waals surface area contributed by atoms with Crippen LogP contribution in [0, 0.1) is 6.92 Å². The Morgan fingerprint density at radius 1 is 1.04 bits per heavy atom. The molecule has 0 amide bonds. The van der Waals surface area contributed by atoms with Gasteiger partial charge >= 0.3 is 6.61 Å². The number of halogens is 2. The molecule has 1 heterocycles. The number of alkyl halides is 2. The Morgan fingerprint density at radius 2 is 1.75 bits per heavy atom. The second kappa shape index (κ2) is 7.19. The second-order valence-corrected chi connectivity index (χ2v) is 6.11. The minimum Gasteiger partial charge on any atom is -0.434 e. The van der Waals surface area contributed by atoms with Crippen molar-refractivity contribution in [1.29, 1.82) is 0 Å². The van der Waals surface area contributed by atoms with E-state index in [-0.39, 0.29) is 11.3 Å². The lowest BCUT2D eigenvalue weighted by Crippen LogP contribution is -2.20. The number of hydrogen-bond acceptors (Lipinski definition) is 4. The van der Waals surface area contributed by atoms with E-state index >= 15 is 0 Å². The molecule has 3 aromatic carbocycles. The Kier molecular flexibility index (Phi) is 4.57. The SMILES string of the molecule is Cc1nc2ccccc2c(=O)n1/N=C\c1c(OC(F)F)ccc2ccccc12. The Labute approximate surface area is 158 Å². The monoisotopic (exact) mass is 379 g/mol. The molecule has 4 rings (SSSR count). The number of ether oxygens (including phenoxy) is 1. The summed E-state index contributed by atoms with van der Waals surface area (Å²) in [5, 5.41) is 6.18. The van der Waals surface area contributed by atoms with Crippen molar-refractivity contribution in [2.75, 3.05) is 0 Å². The van der Waals surface area contributed by atoms with E-state index < -0.39 is 6.61 Å². The maximum Gasteiger partial charge on any atom is 0.387 e. The smallest absolute Gasteiger partial charge is 0.387 e. The molecular weight excluding hydrogens is 364 g/mol. The number of hydrogen-bond donors (Lipinski definition) is 0. The predicted molar refractivity (Wildman–Crippen MR) is 104 cm³/mol. The van der Waals surface area contributed by atoms with Gasteiger partial charge < -0.3 is 4.74 Å². The normalized spacial score (nSPS) is 11.7. The number of para-hydroxylation sites is 1. The summed E-state index contributed by atoms with van der Waals surface area (Å²) in [6.07, 6.45) is 1.35. The fourth-order valence-electron chi connectivity index (χ4n) is 3.09. The molecule has 0 unspecified atom stereocenters. The molecule has 0 saturated carbocycles. The van der Waals surface area contributed by atoms with Gasteiger partial charge in [0.15, 0.2) is 0 Å². The molecule has 5 nitrogen and oxygen atoms in total. The molecule has 0 radical (unpaired) electrons. The first kappa shape index (κ1) is 17.8. The molecule has 7 heteroatoms. The third-order valence-electron chi connectivity index (χ3n) is 4.36. The molecule has 1 aromatic heterocycles. The fraction of sp³-hybridized carbons (Fsp3) is 0.0952. The van der Waals surface area contributed by atoms with Crippen molar-refractivity contribution < 1.29 is 13.5 Å². The molecule has 0 N–H and O–H groups in total. The van der Waals surface area contributed by atoms with Crippen LogP contribution >= 0.6 is 0 Å². The van der Waals surface area contributed by atoms with Crippen molar-refractivity contribution >= 4 is 27.9 Å². The molecule has 140 valence electrons. The lowest BCUT2D eigenvalue weighted by Gasteiger charge is -2.11. The molecule has 0 aliphatic heterocycles. The van der Waals surface area contributed by atoms with E-state index in [1.165, 1.54) is 12.3 Å². The highest BCUT2D eigenvalue weighted by molar-refractivity contribution is 6.02. The molecule has 4 aromatic rings. The average Bonchev–Trinajstić information content (AvgIpc) is 2.68. The Morgan fingerprint density at radius 3 is 2.54 bits per heavy atom. The van der Waals surface area contributed by atoms with Crippen LogP contribution in [0.25, 0.3) is 21.7 Å². The van der Waals surface area contributed by atoms with Gasteiger partial charge in [0.1, 0.15) is 11.6 Å². The van der Waals surface area contributed by atoms with Crippen LogP contribution in [-0.4, -0.2) is 22.5 Å². The van der Waals surface area contributed by atoms with Gasteiger partial charge in [0, 0.05) is 5.56 Å². The number of fused-ring (bicyclic) bond motifs is 2. The summed E-state index contributed by atoms with van der Waals surface area (Å²) in [5.74, 6) is 0.369. The minimum absolute atomic E-state index is 0.0168. The second-order valence-electron chi connectivity index (χ2n) is 6.11. The van der Waals surface area contributed by atoms with Gasteiger partial charge in [-0.3, -0.25) is 4.79 Å². The predicted octanol–water partition coefficient (Wildman–Crippen LogP) is 4.34. The van der Waals surface area contributed by atoms with E-state index in [9.17, 15) is 13.6 Å². The van der Waals surface area contributed by atoms with Gasteiger partial charge in [0.25, 0.3) is 5.56 Å². The lowest BCUT2D eigenvalue weighted by atomic mass is 10.0. The van der Waals surface area contributed by atoms with Crippen molar-refractivity contribution in [3.63, 3.8) is 0 Å². The summed E-state index contributed by atoms with van der Waals surface area (Å²) in [5.41, 5.74) is 0.595. The van der Waals surface area contributed by atoms with E-state index in [0.29, 0.717) is 27.7 Å². The third-order valence-corrected chi connectivity index (χ3v) is 4.36. The Hall–Kier alpha value is -3.61. The van der Waals surface area contributed by atoms with Gasteiger partial charge in [0.2, 0.25) is 0 Å². The van der Waals surface area contributed by atoms with Crippen LogP contribution in [0.3, 0.4) is 0 Å². The van der Waals surface area contributed by atoms with Crippen molar-refractivity contribution in [3.05, 3.63) is 82.4 Å². The maximum absolute atomic E-state index is 12.8. The summed E-state index contributed by atoms with van der Waals surface area (Å²) in [6, 6.07) is 17.4. The lowest BCUT2D eigenvalue weighted by molar-refractivity contribution is -0.0498. The molecule has 28 heavy (non-hydrogen) atoms. The first-order valence-electron chi connectivity index (χ1n) is 8.54. The van der Waals surface area contributed by atoms with Gasteiger partial charge in [-0.1, -0.05) is 42.5 Å². The van der Waals surface area contributed by atoms with Crippen molar-refractivity contribution in [2.24, 2.45) is 5.10 Å². The summed E-state index contributed by atoms with van der Waals surface area (Å²) < 4.78 is 31.5. The average molecular weight is 379 g/mol. The molecule has 0 aliphatic rings. The van der Waals surface area contributed by atoms with Crippen molar-refractivity contribution in [3.8, 4) is 5.75 Å². The van der Waals surface area contributed by atoms with E-state index in [1.807, 2.05) is 12.1 Å². The van der Waals surface area contributed by atoms with Crippen LogP contribution in [-0.2, 0) is 0 Å². The summed E-state index contributed by atoms with van der Waals surface area (Å²) in [6.45, 7) is -1.31. The van der Waals surface area contributed by atoms with Crippen molar-refractivity contribution in [2.45, 2.75) is 13.5 Å². The van der Waals surface area contributed by atoms with Gasteiger partial charge in [-0.2, -0.15) is 18.6 Å². The molecule has 0 fully saturated rings. The highest BCUT2D eigenvalue weighted by atomic mass is 19.3. The molecule has 0 spiro atoms. The van der Waals surface area contributed by atoms with Crippen molar-refractivity contribution in [1.82, 2.24) is 9.66 Å². The first-order chi connectivity index (χ1) is 13.5. The van der Waals surface area contributed by atoms with Crippen LogP contribution in [0.1, 0.15) is 11.4 Å². The number of aryl methyl sites for hydroxylation is 1. The molecule has 0 bridgehead atoms. The van der Waals surface area contributed by atoms with Crippen LogP contribution < -0.4 is 10.3 Å². The number of benzene rings is 3. The summed E-state index contributed by atoms with van der Waals surface area (Å²) in [4.78, 5) is 17.1. The standard InChI is InChI=1S/C21H15F2N3O2/c1-13-25-18-9-5-4-8-16(18)20(27)26(13)24-12-17-15-7-3-2-6-14(15)10-11-19(17)28-21(22)23/h2-12,21H,1H3/b24-12-. The fourth-order valence-corrected chi connectivity index (χ4v) is 3.09. The molecule has 0 atom stereocenters. The van der Waals surface area contributed by atoms with E-state index in [0.717, 1.165) is 10.1 Å². The van der Waals surface area contributed by atoms with E-state index in [2.05, 4.69) is 14.8 Å². The van der Waals surface area contributed by atoms with Gasteiger partial charge in [-0.15, -0.1) is 0 Å². The first-order valence-corrected chi connectivity index (χ1v) is 8.54. The molecule has 0 aliphatic carbocycles. The number of aromatic nitrogens is 2. The zero-order valence-electron chi connectivity index (χ0n) is 14.8. The molecular formula is C21H15F2N3O2. The number of rotatable bonds is 4. The largest absolute Gasteiger partial charge is 0.434 e. The van der Waals surface area contributed by atoms with E-state index in [4.69, 9.17) is 0 Å². The minimum atomic E-state index is -2.97. The Bertz CT molecular complexity index is 1270. The zero-order valence-corrected chi connectivity index (χ0v) is 14.8. The number of nitrogens with zero attached hydrogens (tertiary/aromatic N) is 3. The summed E-state index contributed by atoms with van der Waals surface area (Å²) >= 11 is 0. The van der Waals surface area contributed by atoms with Gasteiger partial charge in [0.05, 0.1) is 17.1 Å². The van der Waals surface area contributed by atoms with Crippen LogP contribution in [0.15, 0.2) is 70.6 Å².